The number of carbonyl (C=O) groups excluding carboxylic acids is 1. The Morgan fingerprint density at radius 1 is 1.42 bits per heavy atom. The smallest absolute Gasteiger partial charge is 0.249 e. The van der Waals surface area contributed by atoms with Crippen LogP contribution in [0.3, 0.4) is 0 Å². The number of sulfone groups is 1. The molecule has 0 aromatic rings. The van der Waals surface area contributed by atoms with E-state index in [0.717, 1.165) is 6.26 Å². The summed E-state index contributed by atoms with van der Waals surface area (Å²) in [7, 11) is -3.51. The highest BCUT2D eigenvalue weighted by atomic mass is 35.5. The Morgan fingerprint density at radius 2 is 2.00 bits per heavy atom. The fraction of sp³-hybridized carbons (Fsp3) is 0.500. The molecule has 1 aliphatic rings. The Hall–Kier alpha value is -0.720. The first-order chi connectivity index (χ1) is 8.77. The van der Waals surface area contributed by atoms with Gasteiger partial charge in [-0.3, -0.25) is 4.79 Å². The van der Waals surface area contributed by atoms with Gasteiger partial charge in [-0.25, -0.2) is 12.6 Å². The van der Waals surface area contributed by atoms with Crippen molar-refractivity contribution in [3.05, 3.63) is 22.1 Å². The third kappa shape index (κ3) is 3.24. The van der Waals surface area contributed by atoms with Gasteiger partial charge in [0.2, 0.25) is 5.24 Å². The molecular formula is C12H15ClO4S2. The lowest BCUT2D eigenvalue weighted by atomic mass is 9.84. The van der Waals surface area contributed by atoms with Crippen molar-refractivity contribution in [1.29, 1.82) is 0 Å². The van der Waals surface area contributed by atoms with E-state index in [0.29, 0.717) is 23.3 Å². The van der Waals surface area contributed by atoms with Gasteiger partial charge in [0.15, 0.2) is 9.84 Å². The summed E-state index contributed by atoms with van der Waals surface area (Å²) in [5.41, 5.74) is 0.677. The number of hydrogen-bond donors (Lipinski definition) is 0. The van der Waals surface area contributed by atoms with E-state index in [-0.39, 0.29) is 21.7 Å². The molecule has 0 amide bonds. The number of halogens is 1. The standard InChI is InChI=1S/C12H15ClO4S2/c1-4-7-9(12(13)14)6-10(19(3,16)17)8(5-2)11(7)18-15/h6-7H,4-5H2,1-3H3. The van der Waals surface area contributed by atoms with E-state index < -0.39 is 21.0 Å². The molecule has 106 valence electrons. The summed E-state index contributed by atoms with van der Waals surface area (Å²) in [6.45, 7) is 3.61. The summed E-state index contributed by atoms with van der Waals surface area (Å²) in [4.78, 5) is 11.9. The van der Waals surface area contributed by atoms with Gasteiger partial charge in [0, 0.05) is 17.7 Å². The van der Waals surface area contributed by atoms with E-state index in [9.17, 15) is 17.4 Å². The van der Waals surface area contributed by atoms with E-state index in [1.807, 2.05) is 6.92 Å². The van der Waals surface area contributed by atoms with Crippen LogP contribution in [0.2, 0.25) is 0 Å². The summed E-state index contributed by atoms with van der Waals surface area (Å²) < 4.78 is 34.9. The van der Waals surface area contributed by atoms with Gasteiger partial charge in [-0.15, -0.1) is 0 Å². The lowest BCUT2D eigenvalue weighted by Gasteiger charge is -2.25. The monoisotopic (exact) mass is 322 g/mol. The second kappa shape index (κ2) is 6.15. The van der Waals surface area contributed by atoms with Crippen LogP contribution < -0.4 is 0 Å². The minimum absolute atomic E-state index is 0.0297. The van der Waals surface area contributed by atoms with Crippen LogP contribution in [0.15, 0.2) is 22.1 Å². The average molecular weight is 323 g/mol. The molecule has 19 heavy (non-hydrogen) atoms. The maximum absolute atomic E-state index is 11.8. The molecule has 1 aliphatic carbocycles. The molecule has 0 aromatic carbocycles. The number of allylic oxidation sites excluding steroid dienone is 3. The molecule has 0 saturated carbocycles. The van der Waals surface area contributed by atoms with Crippen molar-refractivity contribution in [3.63, 3.8) is 0 Å². The van der Waals surface area contributed by atoms with E-state index in [4.69, 9.17) is 11.6 Å². The molecule has 0 spiro atoms. The van der Waals surface area contributed by atoms with Gasteiger partial charge in [0.25, 0.3) is 0 Å². The first-order valence-electron chi connectivity index (χ1n) is 5.79. The van der Waals surface area contributed by atoms with Crippen LogP contribution in [0.25, 0.3) is 0 Å². The van der Waals surface area contributed by atoms with Crippen molar-refractivity contribution in [2.75, 3.05) is 6.26 Å². The van der Waals surface area contributed by atoms with Crippen LogP contribution in [-0.4, -0.2) is 29.0 Å². The quantitative estimate of drug-likeness (QED) is 0.585. The highest BCUT2D eigenvalue weighted by Gasteiger charge is 2.33. The Labute approximate surface area is 121 Å². The zero-order chi connectivity index (χ0) is 14.8. The van der Waals surface area contributed by atoms with Gasteiger partial charge < -0.3 is 0 Å². The van der Waals surface area contributed by atoms with Crippen LogP contribution in [-0.2, 0) is 25.9 Å². The Balaban J connectivity index is 3.71. The molecule has 0 fully saturated rings. The van der Waals surface area contributed by atoms with Crippen molar-refractivity contribution in [2.45, 2.75) is 26.7 Å². The highest BCUT2D eigenvalue weighted by molar-refractivity contribution is 7.94. The molecule has 0 heterocycles. The van der Waals surface area contributed by atoms with Crippen molar-refractivity contribution in [3.8, 4) is 0 Å². The van der Waals surface area contributed by atoms with E-state index in [2.05, 4.69) is 0 Å². The van der Waals surface area contributed by atoms with Gasteiger partial charge >= 0.3 is 0 Å². The molecule has 0 aliphatic heterocycles. The van der Waals surface area contributed by atoms with Crippen molar-refractivity contribution < 1.29 is 17.4 Å². The lowest BCUT2D eigenvalue weighted by molar-refractivity contribution is -0.108. The number of rotatable bonds is 4. The summed E-state index contributed by atoms with van der Waals surface area (Å²) in [5.74, 6) is -0.409. The molecule has 4 nitrogen and oxygen atoms in total. The average Bonchev–Trinajstić information content (AvgIpc) is 2.34. The molecule has 0 aromatic heterocycles. The third-order valence-electron chi connectivity index (χ3n) is 3.05. The fourth-order valence-corrected chi connectivity index (χ4v) is 4.25. The maximum Gasteiger partial charge on any atom is 0.249 e. The molecule has 1 unspecified atom stereocenters. The first-order valence-corrected chi connectivity index (χ1v) is 8.80. The topological polar surface area (TPSA) is 68.3 Å². The number of carbonyl (C=O) groups is 1. The molecule has 0 saturated heterocycles. The molecule has 7 heteroatoms. The van der Waals surface area contributed by atoms with Crippen LogP contribution >= 0.6 is 11.6 Å². The van der Waals surface area contributed by atoms with Crippen LogP contribution in [0.1, 0.15) is 26.7 Å². The molecule has 0 bridgehead atoms. The van der Waals surface area contributed by atoms with Crippen LogP contribution in [0, 0.1) is 5.92 Å². The van der Waals surface area contributed by atoms with E-state index in [1.165, 1.54) is 6.08 Å². The normalized spacial score (nSPS) is 20.3. The van der Waals surface area contributed by atoms with Crippen molar-refractivity contribution in [1.82, 2.24) is 0 Å². The van der Waals surface area contributed by atoms with Gasteiger partial charge in [-0.1, -0.05) is 13.8 Å². The Morgan fingerprint density at radius 3 is 2.32 bits per heavy atom. The Kier molecular flexibility index (Phi) is 5.29. The van der Waals surface area contributed by atoms with Gasteiger partial charge in [-0.05, 0) is 36.1 Å². The zero-order valence-corrected chi connectivity index (χ0v) is 13.3. The summed E-state index contributed by atoms with van der Waals surface area (Å²) in [5, 5.41) is -0.713. The van der Waals surface area contributed by atoms with Crippen molar-refractivity contribution in [2.24, 2.45) is 5.92 Å². The second-order valence-electron chi connectivity index (χ2n) is 4.25. The van der Waals surface area contributed by atoms with Gasteiger partial charge in [-0.2, -0.15) is 0 Å². The predicted molar refractivity (Wildman–Crippen MR) is 78.0 cm³/mol. The minimum Gasteiger partial charge on any atom is -0.276 e. The number of hydrogen-bond acceptors (Lipinski definition) is 4. The van der Waals surface area contributed by atoms with E-state index >= 15 is 0 Å². The molecule has 0 N–H and O–H groups in total. The van der Waals surface area contributed by atoms with Crippen LogP contribution in [0.4, 0.5) is 0 Å². The lowest BCUT2D eigenvalue weighted by Crippen LogP contribution is -2.27. The Bertz CT molecular complexity index is 622. The van der Waals surface area contributed by atoms with Gasteiger partial charge in [0.05, 0.1) is 21.0 Å². The third-order valence-corrected chi connectivity index (χ3v) is 5.14. The summed E-state index contributed by atoms with van der Waals surface area (Å²) >= 11 is 5.75. The van der Waals surface area contributed by atoms with Gasteiger partial charge in [0.1, 0.15) is 0 Å². The maximum atomic E-state index is 11.8. The second-order valence-corrected chi connectivity index (χ2v) is 7.18. The van der Waals surface area contributed by atoms with E-state index in [1.54, 1.807) is 6.92 Å². The zero-order valence-electron chi connectivity index (χ0n) is 10.9. The fourth-order valence-electron chi connectivity index (χ4n) is 2.19. The molecule has 1 rings (SSSR count). The predicted octanol–water partition coefficient (Wildman–Crippen LogP) is 1.81. The molecule has 0 radical (unpaired) electrons. The summed E-state index contributed by atoms with van der Waals surface area (Å²) in [6, 6.07) is 0. The SMILES string of the molecule is CCC1=C(S(C)(=O)=O)C=C(C(=O)Cl)C(CC)C1=S=O. The summed E-state index contributed by atoms with van der Waals surface area (Å²) in [6.07, 6.45) is 3.32. The van der Waals surface area contributed by atoms with Crippen molar-refractivity contribution >= 4 is 42.8 Å². The highest BCUT2D eigenvalue weighted by Crippen LogP contribution is 2.33. The molecular weight excluding hydrogens is 308 g/mol. The minimum atomic E-state index is -3.51. The molecule has 1 atom stereocenters. The first kappa shape index (κ1) is 16.3. The largest absolute Gasteiger partial charge is 0.276 e. The van der Waals surface area contributed by atoms with Crippen LogP contribution in [0.5, 0.6) is 0 Å².